The van der Waals surface area contributed by atoms with E-state index in [-0.39, 0.29) is 17.2 Å². The molecule has 2 unspecified atom stereocenters. The summed E-state index contributed by atoms with van der Waals surface area (Å²) in [6, 6.07) is 0. The van der Waals surface area contributed by atoms with Gasteiger partial charge in [-0.15, -0.1) is 0 Å². The van der Waals surface area contributed by atoms with Gasteiger partial charge in [0.15, 0.2) is 0 Å². The summed E-state index contributed by atoms with van der Waals surface area (Å²) < 4.78 is 0. The Morgan fingerprint density at radius 3 is 2.47 bits per heavy atom. The highest BCUT2D eigenvalue weighted by Gasteiger charge is 2.40. The summed E-state index contributed by atoms with van der Waals surface area (Å²) in [6.45, 7) is 6.22. The van der Waals surface area contributed by atoms with Crippen molar-refractivity contribution in [3.05, 3.63) is 0 Å². The number of hydrogen-bond donors (Lipinski definition) is 1. The molecule has 0 aromatic carbocycles. The van der Waals surface area contributed by atoms with Crippen LogP contribution in [0, 0.1) is 5.92 Å². The molecule has 1 N–H and O–H groups in total. The quantitative estimate of drug-likeness (QED) is 0.755. The number of rotatable bonds is 3. The highest BCUT2D eigenvalue weighted by Crippen LogP contribution is 2.38. The molecule has 0 aliphatic heterocycles. The van der Waals surface area contributed by atoms with Crippen LogP contribution in [0.1, 0.15) is 25.7 Å². The fourth-order valence-electron chi connectivity index (χ4n) is 2.62. The summed E-state index contributed by atoms with van der Waals surface area (Å²) in [5, 5.41) is 9.27. The Labute approximate surface area is 91.9 Å². The number of carboxylic acid groups (broad SMARTS) is 1. The first kappa shape index (κ1) is 12.4. The van der Waals surface area contributed by atoms with Crippen LogP contribution < -0.4 is 0 Å². The Morgan fingerprint density at radius 1 is 1.47 bits per heavy atom. The fraction of sp³-hybridized carbons (Fsp3) is 0.818. The van der Waals surface area contributed by atoms with Gasteiger partial charge >= 0.3 is 5.97 Å². The molecule has 15 heavy (non-hydrogen) atoms. The van der Waals surface area contributed by atoms with Gasteiger partial charge in [-0.05, 0) is 18.8 Å². The summed E-state index contributed by atoms with van der Waals surface area (Å²) in [7, 11) is -1.72. The van der Waals surface area contributed by atoms with E-state index in [1.165, 1.54) is 0 Å². The Kier molecular flexibility index (Phi) is 3.70. The smallest absolute Gasteiger partial charge is 0.303 e. The monoisotopic (exact) mass is 228 g/mol. The predicted molar refractivity (Wildman–Crippen MR) is 61.7 cm³/mol. The number of Topliss-reactive ketones (excluding diaryl/α,β-unsaturated/α-hetero) is 1. The van der Waals surface area contributed by atoms with Gasteiger partial charge in [0.25, 0.3) is 0 Å². The predicted octanol–water partition coefficient (Wildman–Crippen LogP) is 2.54. The van der Waals surface area contributed by atoms with Crippen molar-refractivity contribution in [1.29, 1.82) is 0 Å². The molecule has 0 amide bonds. The van der Waals surface area contributed by atoms with Gasteiger partial charge in [-0.1, -0.05) is 19.6 Å². The Hall–Kier alpha value is -0.643. The molecule has 0 bridgehead atoms. The second-order valence-corrected chi connectivity index (χ2v) is 10.9. The maximum Gasteiger partial charge on any atom is 0.303 e. The number of carbonyl (C=O) groups is 2. The molecule has 1 rings (SSSR count). The van der Waals surface area contributed by atoms with E-state index in [9.17, 15) is 14.7 Å². The van der Waals surface area contributed by atoms with Crippen molar-refractivity contribution >= 4 is 19.8 Å². The minimum atomic E-state index is -1.72. The summed E-state index contributed by atoms with van der Waals surface area (Å²) >= 11 is 0. The standard InChI is InChI=1S/C11H20O3Si/c1-15(2,3)10(11(13)14)8-5-4-6-9(12)7-8/h8,10H,4-7H2,1-3H3,(H,13,14). The summed E-state index contributed by atoms with van der Waals surface area (Å²) in [5.41, 5.74) is -0.262. The van der Waals surface area contributed by atoms with E-state index in [0.717, 1.165) is 12.8 Å². The lowest BCUT2D eigenvalue weighted by atomic mass is 9.86. The van der Waals surface area contributed by atoms with Crippen molar-refractivity contribution in [3.8, 4) is 0 Å². The molecule has 1 fully saturated rings. The van der Waals surface area contributed by atoms with E-state index in [0.29, 0.717) is 12.8 Å². The average Bonchev–Trinajstić information content (AvgIpc) is 1.99. The van der Waals surface area contributed by atoms with E-state index in [1.807, 2.05) is 0 Å². The van der Waals surface area contributed by atoms with Crippen LogP contribution in [0.5, 0.6) is 0 Å². The third kappa shape index (κ3) is 3.16. The van der Waals surface area contributed by atoms with Crippen LogP contribution in [0.4, 0.5) is 0 Å². The SMILES string of the molecule is C[Si](C)(C)C(C(=O)O)C1CCCC(=O)C1. The number of hydrogen-bond acceptors (Lipinski definition) is 2. The van der Waals surface area contributed by atoms with Gasteiger partial charge in [-0.2, -0.15) is 0 Å². The van der Waals surface area contributed by atoms with Crippen molar-refractivity contribution in [1.82, 2.24) is 0 Å². The van der Waals surface area contributed by atoms with Crippen LogP contribution in [0.3, 0.4) is 0 Å². The molecule has 0 spiro atoms. The van der Waals surface area contributed by atoms with Crippen LogP contribution in [0.25, 0.3) is 0 Å². The maximum atomic E-state index is 11.3. The van der Waals surface area contributed by atoms with Gasteiger partial charge in [-0.3, -0.25) is 9.59 Å². The minimum Gasteiger partial charge on any atom is -0.481 e. The van der Waals surface area contributed by atoms with Crippen molar-refractivity contribution in [2.45, 2.75) is 50.9 Å². The zero-order valence-electron chi connectivity index (χ0n) is 9.75. The molecule has 0 aromatic rings. The third-order valence-corrected chi connectivity index (χ3v) is 5.78. The second kappa shape index (κ2) is 4.47. The van der Waals surface area contributed by atoms with Gasteiger partial charge in [-0.25, -0.2) is 0 Å². The Bertz CT molecular complexity index is 267. The van der Waals surface area contributed by atoms with Crippen molar-refractivity contribution < 1.29 is 14.7 Å². The van der Waals surface area contributed by atoms with Crippen LogP contribution in [0.2, 0.25) is 25.2 Å². The second-order valence-electron chi connectivity index (χ2n) is 5.58. The molecular formula is C11H20O3Si. The Balaban J connectivity index is 2.80. The molecule has 0 aromatic heterocycles. The van der Waals surface area contributed by atoms with E-state index in [4.69, 9.17) is 0 Å². The lowest BCUT2D eigenvalue weighted by molar-refractivity contribution is -0.138. The molecule has 0 heterocycles. The first-order chi connectivity index (χ1) is 6.82. The molecule has 0 saturated heterocycles. The van der Waals surface area contributed by atoms with E-state index < -0.39 is 14.0 Å². The van der Waals surface area contributed by atoms with Gasteiger partial charge in [0.05, 0.1) is 13.6 Å². The van der Waals surface area contributed by atoms with Crippen LogP contribution in [-0.4, -0.2) is 24.9 Å². The Morgan fingerprint density at radius 2 is 2.07 bits per heavy atom. The topological polar surface area (TPSA) is 54.4 Å². The van der Waals surface area contributed by atoms with Gasteiger partial charge in [0.2, 0.25) is 0 Å². The number of carbonyl (C=O) groups excluding carboxylic acids is 1. The number of aliphatic carboxylic acids is 1. The largest absolute Gasteiger partial charge is 0.481 e. The zero-order chi connectivity index (χ0) is 11.6. The summed E-state index contributed by atoms with van der Waals surface area (Å²) in [6.07, 6.45) is 2.92. The van der Waals surface area contributed by atoms with E-state index >= 15 is 0 Å². The first-order valence-electron chi connectivity index (χ1n) is 5.57. The fourth-order valence-corrected chi connectivity index (χ4v) is 5.06. The van der Waals surface area contributed by atoms with Crippen molar-refractivity contribution in [2.24, 2.45) is 5.92 Å². The molecule has 86 valence electrons. The first-order valence-corrected chi connectivity index (χ1v) is 9.14. The van der Waals surface area contributed by atoms with Crippen LogP contribution in [0.15, 0.2) is 0 Å². The average molecular weight is 228 g/mol. The highest BCUT2D eigenvalue weighted by molar-refractivity contribution is 6.80. The molecule has 1 saturated carbocycles. The lowest BCUT2D eigenvalue weighted by Gasteiger charge is -2.34. The molecular weight excluding hydrogens is 208 g/mol. The normalized spacial score (nSPS) is 25.0. The zero-order valence-corrected chi connectivity index (χ0v) is 10.7. The summed E-state index contributed by atoms with van der Waals surface area (Å²) in [5.74, 6) is -0.361. The highest BCUT2D eigenvalue weighted by atomic mass is 28.3. The van der Waals surface area contributed by atoms with Crippen molar-refractivity contribution in [3.63, 3.8) is 0 Å². The van der Waals surface area contributed by atoms with Gasteiger partial charge in [0, 0.05) is 12.8 Å². The van der Waals surface area contributed by atoms with Gasteiger partial charge in [0.1, 0.15) is 5.78 Å². The molecule has 3 nitrogen and oxygen atoms in total. The third-order valence-electron chi connectivity index (χ3n) is 3.19. The number of ketones is 1. The van der Waals surface area contributed by atoms with Crippen LogP contribution in [-0.2, 0) is 9.59 Å². The minimum absolute atomic E-state index is 0.0930. The molecule has 4 heteroatoms. The molecule has 1 aliphatic rings. The molecule has 1 aliphatic carbocycles. The van der Waals surface area contributed by atoms with E-state index in [1.54, 1.807) is 0 Å². The maximum absolute atomic E-state index is 11.3. The number of carboxylic acids is 1. The molecule has 2 atom stereocenters. The molecule has 0 radical (unpaired) electrons. The van der Waals surface area contributed by atoms with E-state index in [2.05, 4.69) is 19.6 Å². The van der Waals surface area contributed by atoms with Gasteiger partial charge < -0.3 is 5.11 Å². The van der Waals surface area contributed by atoms with Crippen molar-refractivity contribution in [2.75, 3.05) is 0 Å². The lowest BCUT2D eigenvalue weighted by Crippen LogP contribution is -2.40. The summed E-state index contributed by atoms with van der Waals surface area (Å²) in [4.78, 5) is 22.6. The van der Waals surface area contributed by atoms with Crippen LogP contribution >= 0.6 is 0 Å².